The lowest BCUT2D eigenvalue weighted by molar-refractivity contribution is -0.148. The fraction of sp³-hybridized carbons (Fsp3) is 0.520. The second-order valence-corrected chi connectivity index (χ2v) is 8.72. The molecule has 188 valence electrons. The van der Waals surface area contributed by atoms with Gasteiger partial charge in [-0.15, -0.1) is 0 Å². The number of amides is 3. The maximum absolute atomic E-state index is 13.6. The van der Waals surface area contributed by atoms with E-state index >= 15 is 0 Å². The van der Waals surface area contributed by atoms with Crippen molar-refractivity contribution in [2.45, 2.75) is 76.0 Å². The molecule has 0 radical (unpaired) electrons. The summed E-state index contributed by atoms with van der Waals surface area (Å²) in [5, 5.41) is 5.24. The highest BCUT2D eigenvalue weighted by Gasteiger charge is 2.45. The van der Waals surface area contributed by atoms with Crippen LogP contribution in [0.4, 0.5) is 0 Å². The lowest BCUT2D eigenvalue weighted by Crippen LogP contribution is -2.59. The number of hydrogen-bond acceptors (Lipinski definition) is 7. The minimum absolute atomic E-state index is 0.0980. The van der Waals surface area contributed by atoms with Crippen LogP contribution in [0, 0.1) is 0 Å². The van der Waals surface area contributed by atoms with E-state index in [0.717, 1.165) is 0 Å². The monoisotopic (exact) mass is 485 g/mol. The number of carbonyl (C=O) groups excluding carboxylic acids is 6. The molecule has 1 aromatic carbocycles. The summed E-state index contributed by atoms with van der Waals surface area (Å²) in [5.74, 6) is -2.35. The number of Topliss-reactive ketones (excluding diaryl/α,β-unsaturated/α-hetero) is 1. The van der Waals surface area contributed by atoms with Gasteiger partial charge < -0.3 is 25.1 Å². The van der Waals surface area contributed by atoms with Crippen molar-refractivity contribution in [2.75, 3.05) is 6.61 Å². The average Bonchev–Trinajstić information content (AvgIpc) is 3.14. The van der Waals surface area contributed by atoms with Gasteiger partial charge in [-0.2, -0.15) is 0 Å². The third kappa shape index (κ3) is 6.52. The number of ketones is 1. The van der Waals surface area contributed by atoms with Crippen LogP contribution in [-0.4, -0.2) is 71.4 Å². The molecule has 2 fully saturated rings. The smallest absolute Gasteiger partial charge is 0.308 e. The molecule has 0 spiro atoms. The first-order chi connectivity index (χ1) is 16.8. The van der Waals surface area contributed by atoms with E-state index in [2.05, 4.69) is 10.6 Å². The lowest BCUT2D eigenvalue weighted by Gasteiger charge is -2.35. The standard InChI is InChI=1S/C25H31N3O7/c1-2-35-22(31)14-17(15-29)26-24(33)20-11-7-6-10-19-21(30)13-12-18(25(34)28(19)20)27-23(32)16-8-4-3-5-9-16/h3-5,8-9,15,17-20H,2,6-7,10-14H2,1H3,(H,26,33)(H,27,32)/t17?,18-,19?,20-/m0/s1. The van der Waals surface area contributed by atoms with E-state index in [1.807, 2.05) is 0 Å². The Labute approximate surface area is 203 Å². The average molecular weight is 486 g/mol. The molecule has 3 rings (SSSR count). The summed E-state index contributed by atoms with van der Waals surface area (Å²) in [6.07, 6.45) is 2.34. The van der Waals surface area contributed by atoms with E-state index < -0.39 is 47.9 Å². The zero-order valence-corrected chi connectivity index (χ0v) is 19.7. The number of nitrogens with one attached hydrogen (secondary N) is 2. The van der Waals surface area contributed by atoms with Gasteiger partial charge in [0.05, 0.1) is 25.1 Å². The van der Waals surface area contributed by atoms with E-state index in [0.29, 0.717) is 37.5 Å². The summed E-state index contributed by atoms with van der Waals surface area (Å²) in [6, 6.07) is 4.56. The van der Waals surface area contributed by atoms with Crippen LogP contribution in [0.2, 0.25) is 0 Å². The van der Waals surface area contributed by atoms with Crippen LogP contribution >= 0.6 is 0 Å². The third-order valence-corrected chi connectivity index (χ3v) is 6.31. The first kappa shape index (κ1) is 26.1. The Hall–Kier alpha value is -3.56. The van der Waals surface area contributed by atoms with E-state index in [-0.39, 0.29) is 31.7 Å². The quantitative estimate of drug-likeness (QED) is 0.412. The molecular formula is C25H31N3O7. The molecule has 10 nitrogen and oxygen atoms in total. The van der Waals surface area contributed by atoms with Crippen LogP contribution in [0.25, 0.3) is 0 Å². The molecule has 2 heterocycles. The Morgan fingerprint density at radius 2 is 1.83 bits per heavy atom. The van der Waals surface area contributed by atoms with Crippen LogP contribution in [0.3, 0.4) is 0 Å². The van der Waals surface area contributed by atoms with Gasteiger partial charge in [0, 0.05) is 12.0 Å². The number of nitrogens with zero attached hydrogens (tertiary/aromatic N) is 1. The fourth-order valence-electron chi connectivity index (χ4n) is 4.58. The van der Waals surface area contributed by atoms with Crippen molar-refractivity contribution in [3.63, 3.8) is 0 Å². The van der Waals surface area contributed by atoms with E-state index in [1.54, 1.807) is 37.3 Å². The lowest BCUT2D eigenvalue weighted by atomic mass is 10.0. The molecule has 2 N–H and O–H groups in total. The van der Waals surface area contributed by atoms with Gasteiger partial charge in [0.15, 0.2) is 5.78 Å². The predicted octanol–water partition coefficient (Wildman–Crippen LogP) is 0.925. The SMILES string of the molecule is CCOC(=O)CC(C=O)NC(=O)[C@@H]1CCCCC2C(=O)CC[C@H](NC(=O)c3ccccc3)C(=O)N21. The van der Waals surface area contributed by atoms with Crippen molar-refractivity contribution < 1.29 is 33.5 Å². The van der Waals surface area contributed by atoms with Crippen LogP contribution in [0.15, 0.2) is 30.3 Å². The molecule has 1 aromatic rings. The van der Waals surface area contributed by atoms with Gasteiger partial charge in [0.1, 0.15) is 18.4 Å². The number of hydrogen-bond donors (Lipinski definition) is 2. The normalized spacial score (nSPS) is 23.2. The Morgan fingerprint density at radius 1 is 1.11 bits per heavy atom. The topological polar surface area (TPSA) is 139 Å². The zero-order chi connectivity index (χ0) is 25.4. The minimum Gasteiger partial charge on any atom is -0.466 e. The van der Waals surface area contributed by atoms with Crippen LogP contribution in [-0.2, 0) is 28.7 Å². The minimum atomic E-state index is -1.12. The van der Waals surface area contributed by atoms with Gasteiger partial charge in [-0.25, -0.2) is 0 Å². The number of fused-ring (bicyclic) bond motifs is 1. The van der Waals surface area contributed by atoms with E-state index in [1.165, 1.54) is 4.90 Å². The molecule has 2 aliphatic rings. The molecule has 35 heavy (non-hydrogen) atoms. The first-order valence-electron chi connectivity index (χ1n) is 12.0. The summed E-state index contributed by atoms with van der Waals surface area (Å²) in [7, 11) is 0. The van der Waals surface area contributed by atoms with E-state index in [9.17, 15) is 28.8 Å². The third-order valence-electron chi connectivity index (χ3n) is 6.31. The Morgan fingerprint density at radius 3 is 2.51 bits per heavy atom. The van der Waals surface area contributed by atoms with E-state index in [4.69, 9.17) is 4.74 Å². The zero-order valence-electron chi connectivity index (χ0n) is 19.7. The number of ether oxygens (including phenoxy) is 1. The molecule has 2 aliphatic heterocycles. The summed E-state index contributed by atoms with van der Waals surface area (Å²) in [4.78, 5) is 77.0. The second-order valence-electron chi connectivity index (χ2n) is 8.72. The summed E-state index contributed by atoms with van der Waals surface area (Å²) >= 11 is 0. The van der Waals surface area contributed by atoms with Crippen LogP contribution in [0.5, 0.6) is 0 Å². The largest absolute Gasteiger partial charge is 0.466 e. The molecule has 0 aliphatic carbocycles. The first-order valence-corrected chi connectivity index (χ1v) is 12.0. The second kappa shape index (κ2) is 12.2. The summed E-state index contributed by atoms with van der Waals surface area (Å²) < 4.78 is 4.84. The molecule has 0 saturated carbocycles. The maximum Gasteiger partial charge on any atom is 0.308 e. The highest BCUT2D eigenvalue weighted by molar-refractivity contribution is 6.01. The van der Waals surface area contributed by atoms with Crippen molar-refractivity contribution in [3.8, 4) is 0 Å². The number of benzene rings is 1. The molecule has 0 bridgehead atoms. The van der Waals surface area contributed by atoms with Crippen molar-refractivity contribution in [1.82, 2.24) is 15.5 Å². The molecule has 10 heteroatoms. The predicted molar refractivity (Wildman–Crippen MR) is 124 cm³/mol. The van der Waals surface area contributed by atoms with Gasteiger partial charge in [0.2, 0.25) is 11.8 Å². The number of rotatable bonds is 8. The van der Waals surface area contributed by atoms with Crippen LogP contribution < -0.4 is 10.6 Å². The highest BCUT2D eigenvalue weighted by atomic mass is 16.5. The molecule has 4 atom stereocenters. The molecule has 0 aromatic heterocycles. The Balaban J connectivity index is 1.81. The Bertz CT molecular complexity index is 965. The Kier molecular flexibility index (Phi) is 9.11. The van der Waals surface area contributed by atoms with Crippen molar-refractivity contribution in [1.29, 1.82) is 0 Å². The summed E-state index contributed by atoms with van der Waals surface area (Å²) in [5.41, 5.74) is 0.380. The van der Waals surface area contributed by atoms with Gasteiger partial charge in [-0.05, 0) is 38.3 Å². The molecule has 2 unspecified atom stereocenters. The fourth-order valence-corrected chi connectivity index (χ4v) is 4.58. The molecule has 2 saturated heterocycles. The van der Waals surface area contributed by atoms with Crippen molar-refractivity contribution in [3.05, 3.63) is 35.9 Å². The van der Waals surface area contributed by atoms with Crippen molar-refractivity contribution in [2.24, 2.45) is 0 Å². The van der Waals surface area contributed by atoms with Gasteiger partial charge in [-0.1, -0.05) is 31.0 Å². The molecular weight excluding hydrogens is 454 g/mol. The number of esters is 1. The molecule has 3 amide bonds. The highest BCUT2D eigenvalue weighted by Crippen LogP contribution is 2.28. The van der Waals surface area contributed by atoms with Gasteiger partial charge in [0.25, 0.3) is 5.91 Å². The number of aldehydes is 1. The van der Waals surface area contributed by atoms with Gasteiger partial charge in [-0.3, -0.25) is 24.0 Å². The maximum atomic E-state index is 13.6. The number of carbonyl (C=O) groups is 6. The summed E-state index contributed by atoms with van der Waals surface area (Å²) in [6.45, 7) is 1.77. The van der Waals surface area contributed by atoms with Crippen molar-refractivity contribution >= 4 is 35.8 Å². The van der Waals surface area contributed by atoms with Crippen LogP contribution in [0.1, 0.15) is 62.2 Å². The van der Waals surface area contributed by atoms with Gasteiger partial charge >= 0.3 is 5.97 Å².